The topological polar surface area (TPSA) is 0 Å². The fourth-order valence-electron chi connectivity index (χ4n) is 0.587. The van der Waals surface area contributed by atoms with E-state index in [1.807, 2.05) is 13.8 Å². The van der Waals surface area contributed by atoms with Gasteiger partial charge in [-0.15, -0.1) is 5.92 Å². The third-order valence-corrected chi connectivity index (χ3v) is 1.50. The number of halogens is 1. The molecule has 0 fully saturated rings. The van der Waals surface area contributed by atoms with Gasteiger partial charge in [-0.2, -0.15) is 0 Å². The highest BCUT2D eigenvalue weighted by molar-refractivity contribution is 5.21. The molecule has 0 saturated carbocycles. The predicted molar refractivity (Wildman–Crippen MR) is 51.5 cm³/mol. The summed E-state index contributed by atoms with van der Waals surface area (Å²) >= 11 is 0. The summed E-state index contributed by atoms with van der Waals surface area (Å²) in [6.45, 7) is 9.45. The smallest absolute Gasteiger partial charge is 0.179 e. The predicted octanol–water partition coefficient (Wildman–Crippen LogP) is 3.12. The molecule has 0 rings (SSSR count). The number of rotatable bonds is 3. The van der Waals surface area contributed by atoms with Crippen LogP contribution in [0.3, 0.4) is 0 Å². The van der Waals surface area contributed by atoms with Crippen LogP contribution in [0.25, 0.3) is 0 Å². The first-order valence-corrected chi connectivity index (χ1v) is 4.01. The Labute approximate surface area is 74.2 Å². The molecule has 12 heavy (non-hydrogen) atoms. The highest BCUT2D eigenvalue weighted by Crippen LogP contribution is 2.08. The fourth-order valence-corrected chi connectivity index (χ4v) is 0.587. The summed E-state index contributed by atoms with van der Waals surface area (Å²) < 4.78 is 12.7. The van der Waals surface area contributed by atoms with Crippen LogP contribution in [-0.2, 0) is 0 Å². The monoisotopic (exact) mass is 166 g/mol. The van der Waals surface area contributed by atoms with Crippen molar-refractivity contribution in [2.24, 2.45) is 5.92 Å². The molecule has 66 valence electrons. The van der Waals surface area contributed by atoms with E-state index in [-0.39, 0.29) is 0 Å². The molecule has 1 unspecified atom stereocenters. The largest absolute Gasteiger partial charge is 0.229 e. The molecule has 0 spiro atoms. The van der Waals surface area contributed by atoms with Crippen LogP contribution in [0.5, 0.6) is 0 Å². The van der Waals surface area contributed by atoms with Gasteiger partial charge in [-0.3, -0.25) is 0 Å². The molecule has 0 aromatic carbocycles. The van der Waals surface area contributed by atoms with Crippen LogP contribution in [-0.4, -0.2) is 6.17 Å². The lowest BCUT2D eigenvalue weighted by atomic mass is 10.0. The SMILES string of the molecule is C=C(/C=C\C(F)C#CC)C(C)C. The molecule has 1 heteroatoms. The maximum Gasteiger partial charge on any atom is 0.179 e. The van der Waals surface area contributed by atoms with Crippen LogP contribution in [0, 0.1) is 17.8 Å². The second kappa shape index (κ2) is 5.60. The molecule has 0 heterocycles. The molecule has 0 aromatic rings. The summed E-state index contributed by atoms with van der Waals surface area (Å²) in [5.74, 6) is 5.27. The number of hydrogen-bond donors (Lipinski definition) is 0. The molecule has 0 aliphatic heterocycles. The Balaban J connectivity index is 4.04. The van der Waals surface area contributed by atoms with E-state index in [0.717, 1.165) is 5.57 Å². The zero-order chi connectivity index (χ0) is 9.56. The van der Waals surface area contributed by atoms with Gasteiger partial charge in [0.05, 0.1) is 0 Å². The van der Waals surface area contributed by atoms with Crippen molar-refractivity contribution in [3.63, 3.8) is 0 Å². The Morgan fingerprint density at radius 2 is 2.08 bits per heavy atom. The van der Waals surface area contributed by atoms with Gasteiger partial charge in [-0.1, -0.05) is 38.0 Å². The number of allylic oxidation sites excluding steroid dienone is 3. The van der Waals surface area contributed by atoms with E-state index in [4.69, 9.17) is 0 Å². The van der Waals surface area contributed by atoms with E-state index in [1.165, 1.54) is 6.08 Å². The molecular formula is C11H15F. The first kappa shape index (κ1) is 11.0. The van der Waals surface area contributed by atoms with Crippen LogP contribution in [0.4, 0.5) is 4.39 Å². The molecule has 0 radical (unpaired) electrons. The van der Waals surface area contributed by atoms with Crippen molar-refractivity contribution in [1.82, 2.24) is 0 Å². The zero-order valence-electron chi connectivity index (χ0n) is 7.89. The second-order valence-corrected chi connectivity index (χ2v) is 2.88. The van der Waals surface area contributed by atoms with Crippen molar-refractivity contribution in [2.45, 2.75) is 26.9 Å². The van der Waals surface area contributed by atoms with Gasteiger partial charge in [0.2, 0.25) is 0 Å². The Morgan fingerprint density at radius 1 is 1.50 bits per heavy atom. The molecule has 0 saturated heterocycles. The molecule has 1 atom stereocenters. The Bertz CT molecular complexity index is 225. The van der Waals surface area contributed by atoms with Crippen LogP contribution in [0.15, 0.2) is 24.3 Å². The maximum atomic E-state index is 12.7. The van der Waals surface area contributed by atoms with Crippen molar-refractivity contribution >= 4 is 0 Å². The van der Waals surface area contributed by atoms with Crippen molar-refractivity contribution in [1.29, 1.82) is 0 Å². The minimum absolute atomic E-state index is 0.364. The third kappa shape index (κ3) is 4.73. The molecule has 0 aromatic heterocycles. The number of alkyl halides is 1. The molecular weight excluding hydrogens is 151 g/mol. The van der Waals surface area contributed by atoms with E-state index in [9.17, 15) is 4.39 Å². The first-order valence-electron chi connectivity index (χ1n) is 4.01. The maximum absolute atomic E-state index is 12.7. The van der Waals surface area contributed by atoms with Crippen molar-refractivity contribution in [2.75, 3.05) is 0 Å². The molecule has 0 aliphatic rings. The van der Waals surface area contributed by atoms with Gasteiger partial charge in [-0.05, 0) is 18.9 Å². The molecule has 0 amide bonds. The lowest BCUT2D eigenvalue weighted by Gasteiger charge is -2.02. The lowest BCUT2D eigenvalue weighted by molar-refractivity contribution is 0.481. The summed E-state index contributed by atoms with van der Waals surface area (Å²) in [7, 11) is 0. The molecule has 0 nitrogen and oxygen atoms in total. The van der Waals surface area contributed by atoms with Crippen LogP contribution >= 0.6 is 0 Å². The highest BCUT2D eigenvalue weighted by atomic mass is 19.1. The average molecular weight is 166 g/mol. The summed E-state index contributed by atoms with van der Waals surface area (Å²) in [5, 5.41) is 0. The van der Waals surface area contributed by atoms with Gasteiger partial charge >= 0.3 is 0 Å². The van der Waals surface area contributed by atoms with Gasteiger partial charge in [0.1, 0.15) is 0 Å². The summed E-state index contributed by atoms with van der Waals surface area (Å²) in [6, 6.07) is 0. The van der Waals surface area contributed by atoms with Crippen molar-refractivity contribution in [3.8, 4) is 11.8 Å². The van der Waals surface area contributed by atoms with Gasteiger partial charge < -0.3 is 0 Å². The first-order chi connectivity index (χ1) is 5.57. The summed E-state index contributed by atoms with van der Waals surface area (Å²) in [6.07, 6.45) is 1.96. The van der Waals surface area contributed by atoms with Crippen molar-refractivity contribution in [3.05, 3.63) is 24.3 Å². The van der Waals surface area contributed by atoms with Crippen LogP contribution in [0.1, 0.15) is 20.8 Å². The lowest BCUT2D eigenvalue weighted by Crippen LogP contribution is -1.92. The van der Waals surface area contributed by atoms with E-state index in [1.54, 1.807) is 13.0 Å². The molecule has 0 aliphatic carbocycles. The average Bonchev–Trinajstić information content (AvgIpc) is 2.00. The third-order valence-electron chi connectivity index (χ3n) is 1.50. The minimum atomic E-state index is -1.16. The number of hydrogen-bond acceptors (Lipinski definition) is 0. The Hall–Kier alpha value is -1.03. The van der Waals surface area contributed by atoms with Crippen LogP contribution in [0.2, 0.25) is 0 Å². The Kier molecular flexibility index (Phi) is 5.12. The molecule has 0 bridgehead atoms. The normalized spacial score (nSPS) is 12.8. The standard InChI is InChI=1S/C11H15F/c1-5-6-11(12)8-7-10(4)9(2)3/h7-9,11H,4H2,1-3H3/b8-7-. The quantitative estimate of drug-likeness (QED) is 0.446. The van der Waals surface area contributed by atoms with Crippen LogP contribution < -0.4 is 0 Å². The fraction of sp³-hybridized carbons (Fsp3) is 0.455. The zero-order valence-corrected chi connectivity index (χ0v) is 7.89. The highest BCUT2D eigenvalue weighted by Gasteiger charge is 1.97. The van der Waals surface area contributed by atoms with Gasteiger partial charge in [-0.25, -0.2) is 4.39 Å². The summed E-state index contributed by atoms with van der Waals surface area (Å²) in [4.78, 5) is 0. The van der Waals surface area contributed by atoms with Crippen molar-refractivity contribution < 1.29 is 4.39 Å². The van der Waals surface area contributed by atoms with E-state index < -0.39 is 6.17 Å². The van der Waals surface area contributed by atoms with Gasteiger partial charge in [0, 0.05) is 0 Å². The second-order valence-electron chi connectivity index (χ2n) is 2.88. The van der Waals surface area contributed by atoms with E-state index in [0.29, 0.717) is 5.92 Å². The van der Waals surface area contributed by atoms with E-state index in [2.05, 4.69) is 18.4 Å². The minimum Gasteiger partial charge on any atom is -0.229 e. The van der Waals surface area contributed by atoms with Gasteiger partial charge in [0.25, 0.3) is 0 Å². The van der Waals surface area contributed by atoms with Gasteiger partial charge in [0.15, 0.2) is 6.17 Å². The summed E-state index contributed by atoms with van der Waals surface area (Å²) in [5.41, 5.74) is 0.926. The van der Waals surface area contributed by atoms with E-state index >= 15 is 0 Å². The Morgan fingerprint density at radius 3 is 2.50 bits per heavy atom. The molecule has 0 N–H and O–H groups in total.